The van der Waals surface area contributed by atoms with Gasteiger partial charge in [0.1, 0.15) is 5.75 Å². The van der Waals surface area contributed by atoms with Crippen molar-refractivity contribution in [2.45, 2.75) is 45.6 Å². The molecule has 0 aromatic heterocycles. The molecule has 1 amide bonds. The lowest BCUT2D eigenvalue weighted by atomic mass is 10.2. The van der Waals surface area contributed by atoms with Crippen LogP contribution in [-0.4, -0.2) is 32.1 Å². The standard InChI is InChI=1S/C17H25ClN2O2/c1-12-10-15(16(22-3)11-14(12)18)19-17(21)13(2)20-8-6-4-5-7-9-20/h10-11,13H,4-9H2,1-3H3,(H,19,21)/p+1/t13-/m0/s1. The lowest BCUT2D eigenvalue weighted by Gasteiger charge is -2.24. The van der Waals surface area contributed by atoms with Crippen molar-refractivity contribution in [3.63, 3.8) is 0 Å². The number of quaternary nitrogens is 1. The number of carbonyl (C=O) groups is 1. The molecule has 0 saturated carbocycles. The third kappa shape index (κ3) is 4.14. The molecule has 1 aliphatic rings. The van der Waals surface area contributed by atoms with Crippen LogP contribution in [0.2, 0.25) is 5.02 Å². The molecule has 122 valence electrons. The molecule has 1 heterocycles. The molecule has 2 rings (SSSR count). The third-order valence-corrected chi connectivity index (χ3v) is 4.90. The molecule has 1 aliphatic heterocycles. The highest BCUT2D eigenvalue weighted by Crippen LogP contribution is 2.30. The van der Waals surface area contributed by atoms with Crippen LogP contribution in [0.4, 0.5) is 5.69 Å². The number of benzene rings is 1. The van der Waals surface area contributed by atoms with Crippen molar-refractivity contribution in [1.29, 1.82) is 0 Å². The van der Waals surface area contributed by atoms with Crippen LogP contribution in [0.5, 0.6) is 5.75 Å². The second-order valence-corrected chi connectivity index (χ2v) is 6.49. The molecule has 5 heteroatoms. The van der Waals surface area contributed by atoms with E-state index in [2.05, 4.69) is 5.32 Å². The quantitative estimate of drug-likeness (QED) is 0.893. The molecule has 0 bridgehead atoms. The van der Waals surface area contributed by atoms with E-state index in [0.29, 0.717) is 16.5 Å². The number of ether oxygens (including phenoxy) is 1. The van der Waals surface area contributed by atoms with Crippen molar-refractivity contribution < 1.29 is 14.4 Å². The van der Waals surface area contributed by atoms with E-state index in [-0.39, 0.29) is 11.9 Å². The Hall–Kier alpha value is -1.26. The van der Waals surface area contributed by atoms with E-state index in [9.17, 15) is 4.79 Å². The first-order valence-corrected chi connectivity index (χ1v) is 8.40. The number of halogens is 1. The number of anilines is 1. The summed E-state index contributed by atoms with van der Waals surface area (Å²) in [5, 5.41) is 3.64. The Morgan fingerprint density at radius 2 is 1.91 bits per heavy atom. The van der Waals surface area contributed by atoms with Crippen molar-refractivity contribution >= 4 is 23.2 Å². The van der Waals surface area contributed by atoms with E-state index in [0.717, 1.165) is 18.7 Å². The number of carbonyl (C=O) groups excluding carboxylic acids is 1. The zero-order chi connectivity index (χ0) is 16.1. The maximum absolute atomic E-state index is 12.6. The maximum atomic E-state index is 12.6. The number of amides is 1. The SMILES string of the molecule is COc1cc(Cl)c(C)cc1NC(=O)[C@H](C)[NH+]1CCCCCC1. The van der Waals surface area contributed by atoms with E-state index in [4.69, 9.17) is 16.3 Å². The predicted octanol–water partition coefficient (Wildman–Crippen LogP) is 2.44. The average molecular weight is 326 g/mol. The minimum Gasteiger partial charge on any atom is -0.495 e. The van der Waals surface area contributed by atoms with Gasteiger partial charge in [0, 0.05) is 11.1 Å². The molecule has 0 spiro atoms. The van der Waals surface area contributed by atoms with Crippen LogP contribution < -0.4 is 15.0 Å². The van der Waals surface area contributed by atoms with Crippen LogP contribution >= 0.6 is 11.6 Å². The Morgan fingerprint density at radius 1 is 1.27 bits per heavy atom. The number of nitrogens with one attached hydrogen (secondary N) is 2. The summed E-state index contributed by atoms with van der Waals surface area (Å²) >= 11 is 6.11. The number of aryl methyl sites for hydroxylation is 1. The summed E-state index contributed by atoms with van der Waals surface area (Å²) in [5.41, 5.74) is 1.61. The molecule has 22 heavy (non-hydrogen) atoms. The van der Waals surface area contributed by atoms with E-state index in [1.165, 1.54) is 30.6 Å². The van der Waals surface area contributed by atoms with Crippen LogP contribution in [0.3, 0.4) is 0 Å². The summed E-state index contributed by atoms with van der Waals surface area (Å²) < 4.78 is 5.32. The monoisotopic (exact) mass is 325 g/mol. The Bertz CT molecular complexity index is 526. The van der Waals surface area contributed by atoms with Gasteiger partial charge in [-0.1, -0.05) is 11.6 Å². The van der Waals surface area contributed by atoms with E-state index in [1.54, 1.807) is 13.2 Å². The number of hydrogen-bond acceptors (Lipinski definition) is 2. The van der Waals surface area contributed by atoms with Gasteiger partial charge in [0.25, 0.3) is 5.91 Å². The topological polar surface area (TPSA) is 42.8 Å². The van der Waals surface area contributed by atoms with Gasteiger partial charge in [-0.2, -0.15) is 0 Å². The van der Waals surface area contributed by atoms with Crippen molar-refractivity contribution in [3.8, 4) is 5.75 Å². The number of likely N-dealkylation sites (tertiary alicyclic amines) is 1. The van der Waals surface area contributed by atoms with Crippen LogP contribution in [0, 0.1) is 6.92 Å². The van der Waals surface area contributed by atoms with Gasteiger partial charge in [0.05, 0.1) is 25.9 Å². The summed E-state index contributed by atoms with van der Waals surface area (Å²) in [7, 11) is 1.58. The van der Waals surface area contributed by atoms with Crippen molar-refractivity contribution in [2.75, 3.05) is 25.5 Å². The zero-order valence-electron chi connectivity index (χ0n) is 13.7. The lowest BCUT2D eigenvalue weighted by Crippen LogP contribution is -3.16. The number of hydrogen-bond donors (Lipinski definition) is 2. The predicted molar refractivity (Wildman–Crippen MR) is 90.0 cm³/mol. The van der Waals surface area contributed by atoms with Crippen LogP contribution in [0.1, 0.15) is 38.2 Å². The highest BCUT2D eigenvalue weighted by Gasteiger charge is 2.26. The van der Waals surface area contributed by atoms with Gasteiger partial charge in [0.15, 0.2) is 6.04 Å². The van der Waals surface area contributed by atoms with Gasteiger partial charge >= 0.3 is 0 Å². The molecular formula is C17H26ClN2O2+. The first-order chi connectivity index (χ1) is 10.5. The highest BCUT2D eigenvalue weighted by atomic mass is 35.5. The van der Waals surface area contributed by atoms with E-state index in [1.807, 2.05) is 19.9 Å². The van der Waals surface area contributed by atoms with E-state index < -0.39 is 0 Å². The van der Waals surface area contributed by atoms with Gasteiger partial charge in [-0.15, -0.1) is 0 Å². The Labute approximate surface area is 137 Å². The molecule has 0 unspecified atom stereocenters. The minimum atomic E-state index is -0.0567. The van der Waals surface area contributed by atoms with Crippen LogP contribution in [0.25, 0.3) is 0 Å². The molecule has 2 N–H and O–H groups in total. The fraction of sp³-hybridized carbons (Fsp3) is 0.588. The molecule has 0 radical (unpaired) electrons. The molecule has 1 aromatic rings. The highest BCUT2D eigenvalue weighted by molar-refractivity contribution is 6.31. The van der Waals surface area contributed by atoms with Gasteiger partial charge in [0.2, 0.25) is 0 Å². The van der Waals surface area contributed by atoms with Crippen molar-refractivity contribution in [2.24, 2.45) is 0 Å². The van der Waals surface area contributed by atoms with Crippen LogP contribution in [-0.2, 0) is 4.79 Å². The molecule has 1 atom stereocenters. The Balaban J connectivity index is 2.09. The summed E-state index contributed by atoms with van der Waals surface area (Å²) in [6.07, 6.45) is 4.97. The van der Waals surface area contributed by atoms with Crippen molar-refractivity contribution in [1.82, 2.24) is 0 Å². The minimum absolute atomic E-state index is 0.0388. The van der Waals surface area contributed by atoms with Gasteiger partial charge in [-0.05, 0) is 51.2 Å². The molecule has 4 nitrogen and oxygen atoms in total. The normalized spacial score (nSPS) is 17.6. The van der Waals surface area contributed by atoms with Gasteiger partial charge in [-0.25, -0.2) is 0 Å². The number of rotatable bonds is 4. The fourth-order valence-electron chi connectivity index (χ4n) is 2.97. The summed E-state index contributed by atoms with van der Waals surface area (Å²) in [4.78, 5) is 13.9. The van der Waals surface area contributed by atoms with Gasteiger partial charge in [-0.3, -0.25) is 4.79 Å². The fourth-order valence-corrected chi connectivity index (χ4v) is 3.13. The van der Waals surface area contributed by atoms with Crippen molar-refractivity contribution in [3.05, 3.63) is 22.7 Å². The molecule has 1 aromatic carbocycles. The summed E-state index contributed by atoms with van der Waals surface area (Å²) in [6, 6.07) is 3.55. The molecular weight excluding hydrogens is 300 g/mol. The molecule has 1 saturated heterocycles. The zero-order valence-corrected chi connectivity index (χ0v) is 14.4. The second-order valence-electron chi connectivity index (χ2n) is 6.09. The Kier molecular flexibility index (Phi) is 6.09. The van der Waals surface area contributed by atoms with Crippen LogP contribution in [0.15, 0.2) is 12.1 Å². The maximum Gasteiger partial charge on any atom is 0.282 e. The average Bonchev–Trinajstić information content (AvgIpc) is 2.79. The molecule has 0 aliphatic carbocycles. The Morgan fingerprint density at radius 3 is 2.50 bits per heavy atom. The summed E-state index contributed by atoms with van der Waals surface area (Å²) in [6.45, 7) is 6.07. The third-order valence-electron chi connectivity index (χ3n) is 4.49. The van der Waals surface area contributed by atoms with Gasteiger partial charge < -0.3 is 15.0 Å². The smallest absolute Gasteiger partial charge is 0.282 e. The second kappa shape index (κ2) is 7.84. The van der Waals surface area contributed by atoms with E-state index >= 15 is 0 Å². The largest absolute Gasteiger partial charge is 0.495 e. The molecule has 1 fully saturated rings. The lowest BCUT2D eigenvalue weighted by molar-refractivity contribution is -0.913. The first-order valence-electron chi connectivity index (χ1n) is 8.02. The first kappa shape index (κ1) is 17.1. The number of methoxy groups -OCH3 is 1. The summed E-state index contributed by atoms with van der Waals surface area (Å²) in [5.74, 6) is 0.638.